The van der Waals surface area contributed by atoms with Gasteiger partial charge in [-0.3, -0.25) is 14.9 Å². The lowest BCUT2D eigenvalue weighted by Gasteiger charge is -2.09. The SMILES string of the molecule is CC(C)Oc1ccc(C(=O)Oc2coc(CSc3nnc(NC(=O)c4cccs4)s3)cc2=O)cc1. The van der Waals surface area contributed by atoms with E-state index in [0.717, 1.165) is 6.26 Å². The fraction of sp³-hybridized carbons (Fsp3) is 0.174. The highest BCUT2D eigenvalue weighted by atomic mass is 32.2. The summed E-state index contributed by atoms with van der Waals surface area (Å²) in [5.74, 6) is 0.166. The fourth-order valence-corrected chi connectivity index (χ4v) is 4.96. The molecule has 0 unspecified atom stereocenters. The average molecular weight is 530 g/mol. The van der Waals surface area contributed by atoms with Crippen LogP contribution in [-0.4, -0.2) is 28.2 Å². The van der Waals surface area contributed by atoms with E-state index in [1.807, 2.05) is 19.2 Å². The lowest BCUT2D eigenvalue weighted by molar-refractivity contribution is 0.0728. The Morgan fingerprint density at radius 3 is 2.66 bits per heavy atom. The first kappa shape index (κ1) is 24.6. The summed E-state index contributed by atoms with van der Waals surface area (Å²) in [6.45, 7) is 3.81. The monoisotopic (exact) mass is 529 g/mol. The van der Waals surface area contributed by atoms with Crippen LogP contribution in [0.3, 0.4) is 0 Å². The number of benzene rings is 1. The van der Waals surface area contributed by atoms with Gasteiger partial charge in [-0.2, -0.15) is 0 Å². The van der Waals surface area contributed by atoms with Crippen molar-refractivity contribution in [1.29, 1.82) is 0 Å². The number of thioether (sulfide) groups is 1. The molecule has 4 aromatic rings. The van der Waals surface area contributed by atoms with Crippen LogP contribution >= 0.6 is 34.4 Å². The van der Waals surface area contributed by atoms with Gasteiger partial charge in [-0.1, -0.05) is 29.2 Å². The Kier molecular flexibility index (Phi) is 7.95. The number of thiophene rings is 1. The Morgan fingerprint density at radius 1 is 1.17 bits per heavy atom. The van der Waals surface area contributed by atoms with Gasteiger partial charge in [-0.25, -0.2) is 4.79 Å². The normalized spacial score (nSPS) is 10.8. The van der Waals surface area contributed by atoms with Crippen molar-refractivity contribution in [3.63, 3.8) is 0 Å². The minimum Gasteiger partial charge on any atom is -0.491 e. The van der Waals surface area contributed by atoms with Gasteiger partial charge in [0, 0.05) is 6.07 Å². The third-order valence-electron chi connectivity index (χ3n) is 4.23. The van der Waals surface area contributed by atoms with Crippen molar-refractivity contribution in [2.45, 2.75) is 30.0 Å². The standard InChI is InChI=1S/C23H19N3O6S3/c1-13(2)31-15-7-5-14(6-8-15)21(29)32-18-11-30-16(10-17(18)27)12-34-23-26-25-22(35-23)24-20(28)19-4-3-9-33-19/h3-11,13H,12H2,1-2H3,(H,24,25,28). The van der Waals surface area contributed by atoms with Crippen molar-refractivity contribution >= 4 is 51.4 Å². The summed E-state index contributed by atoms with van der Waals surface area (Å²) in [7, 11) is 0. The number of aromatic nitrogens is 2. The summed E-state index contributed by atoms with van der Waals surface area (Å²) in [6, 6.07) is 11.2. The van der Waals surface area contributed by atoms with Crippen LogP contribution in [0.5, 0.6) is 11.5 Å². The van der Waals surface area contributed by atoms with E-state index >= 15 is 0 Å². The van der Waals surface area contributed by atoms with Gasteiger partial charge >= 0.3 is 5.97 Å². The molecular formula is C23H19N3O6S3. The highest BCUT2D eigenvalue weighted by Crippen LogP contribution is 2.29. The van der Waals surface area contributed by atoms with E-state index in [9.17, 15) is 14.4 Å². The van der Waals surface area contributed by atoms with Crippen molar-refractivity contribution < 1.29 is 23.5 Å². The molecule has 12 heteroatoms. The third kappa shape index (κ3) is 6.78. The van der Waals surface area contributed by atoms with Crippen LogP contribution in [0.15, 0.2) is 67.7 Å². The molecule has 4 rings (SSSR count). The zero-order chi connectivity index (χ0) is 24.8. The van der Waals surface area contributed by atoms with Crippen molar-refractivity contribution in [2.24, 2.45) is 0 Å². The third-order valence-corrected chi connectivity index (χ3v) is 7.09. The maximum absolute atomic E-state index is 12.4. The molecule has 0 aliphatic carbocycles. The minimum atomic E-state index is -0.679. The Morgan fingerprint density at radius 2 is 1.97 bits per heavy atom. The number of rotatable bonds is 9. The number of hydrogen-bond acceptors (Lipinski definition) is 11. The van der Waals surface area contributed by atoms with E-state index in [1.54, 1.807) is 36.4 Å². The first-order valence-electron chi connectivity index (χ1n) is 10.3. The zero-order valence-electron chi connectivity index (χ0n) is 18.5. The second-order valence-electron chi connectivity index (χ2n) is 7.25. The molecule has 0 aliphatic rings. The topological polar surface area (TPSA) is 121 Å². The van der Waals surface area contributed by atoms with Crippen LogP contribution in [0.1, 0.15) is 39.6 Å². The van der Waals surface area contributed by atoms with E-state index in [4.69, 9.17) is 13.9 Å². The van der Waals surface area contributed by atoms with Crippen molar-refractivity contribution in [2.75, 3.05) is 5.32 Å². The van der Waals surface area contributed by atoms with Gasteiger partial charge in [0.15, 0.2) is 4.34 Å². The molecule has 180 valence electrons. The van der Waals surface area contributed by atoms with Crippen molar-refractivity contribution in [1.82, 2.24) is 10.2 Å². The molecule has 1 amide bonds. The lowest BCUT2D eigenvalue weighted by atomic mass is 10.2. The van der Waals surface area contributed by atoms with E-state index in [-0.39, 0.29) is 23.3 Å². The Hall–Kier alpha value is -3.48. The predicted molar refractivity (Wildman–Crippen MR) is 134 cm³/mol. The highest BCUT2D eigenvalue weighted by Gasteiger charge is 2.15. The van der Waals surface area contributed by atoms with Crippen molar-refractivity contribution in [3.8, 4) is 11.5 Å². The van der Waals surface area contributed by atoms with Gasteiger partial charge in [-0.05, 0) is 49.6 Å². The molecule has 0 radical (unpaired) electrons. The number of esters is 1. The van der Waals surface area contributed by atoms with E-state index < -0.39 is 11.4 Å². The highest BCUT2D eigenvalue weighted by molar-refractivity contribution is 8.00. The molecular weight excluding hydrogens is 510 g/mol. The van der Waals surface area contributed by atoms with Gasteiger partial charge in [-0.15, -0.1) is 21.5 Å². The number of nitrogens with zero attached hydrogens (tertiary/aromatic N) is 2. The molecule has 3 aromatic heterocycles. The van der Waals surface area contributed by atoms with Crippen LogP contribution in [0.2, 0.25) is 0 Å². The number of ether oxygens (including phenoxy) is 2. The Balaban J connectivity index is 1.31. The molecule has 1 aromatic carbocycles. The largest absolute Gasteiger partial charge is 0.491 e. The molecule has 9 nitrogen and oxygen atoms in total. The first-order valence-corrected chi connectivity index (χ1v) is 13.0. The summed E-state index contributed by atoms with van der Waals surface area (Å²) in [5, 5.41) is 12.9. The van der Waals surface area contributed by atoms with Crippen molar-refractivity contribution in [3.05, 3.63) is 80.5 Å². The molecule has 3 heterocycles. The average Bonchev–Trinajstić information content (AvgIpc) is 3.52. The molecule has 0 saturated heterocycles. The molecule has 0 atom stereocenters. The van der Waals surface area contributed by atoms with E-state index in [2.05, 4.69) is 15.5 Å². The zero-order valence-corrected chi connectivity index (χ0v) is 21.0. The Bertz CT molecular complexity index is 1360. The second kappa shape index (κ2) is 11.3. The number of anilines is 1. The van der Waals surface area contributed by atoms with Crippen LogP contribution in [0.4, 0.5) is 5.13 Å². The second-order valence-corrected chi connectivity index (χ2v) is 10.4. The quantitative estimate of drug-likeness (QED) is 0.179. The summed E-state index contributed by atoms with van der Waals surface area (Å²) in [6.07, 6.45) is 1.12. The van der Waals surface area contributed by atoms with Gasteiger partial charge in [0.25, 0.3) is 5.91 Å². The molecule has 35 heavy (non-hydrogen) atoms. The van der Waals surface area contributed by atoms with E-state index in [1.165, 1.54) is 40.5 Å². The number of carbonyl (C=O) groups excluding carboxylic acids is 2. The minimum absolute atomic E-state index is 0.0142. The maximum Gasteiger partial charge on any atom is 0.343 e. The van der Waals surface area contributed by atoms with Gasteiger partial charge in [0.2, 0.25) is 16.3 Å². The molecule has 0 bridgehead atoms. The summed E-state index contributed by atoms with van der Waals surface area (Å²) in [4.78, 5) is 37.4. The molecule has 0 fully saturated rings. The van der Waals surface area contributed by atoms with Crippen LogP contribution in [0, 0.1) is 0 Å². The molecule has 0 spiro atoms. The van der Waals surface area contributed by atoms with Crippen LogP contribution in [0.25, 0.3) is 0 Å². The Labute approximate surface area is 212 Å². The summed E-state index contributed by atoms with van der Waals surface area (Å²) < 4.78 is 16.8. The van der Waals surface area contributed by atoms with Crippen LogP contribution < -0.4 is 20.2 Å². The van der Waals surface area contributed by atoms with Gasteiger partial charge in [0.05, 0.1) is 22.3 Å². The van der Waals surface area contributed by atoms with Gasteiger partial charge < -0.3 is 13.9 Å². The molecule has 0 aliphatic heterocycles. The summed E-state index contributed by atoms with van der Waals surface area (Å²) >= 11 is 3.84. The lowest BCUT2D eigenvalue weighted by Crippen LogP contribution is -2.14. The smallest absolute Gasteiger partial charge is 0.343 e. The van der Waals surface area contributed by atoms with E-state index in [0.29, 0.717) is 31.6 Å². The number of amides is 1. The predicted octanol–water partition coefficient (Wildman–Crippen LogP) is 5.10. The molecule has 0 saturated carbocycles. The maximum atomic E-state index is 12.4. The number of hydrogen-bond donors (Lipinski definition) is 1. The summed E-state index contributed by atoms with van der Waals surface area (Å²) in [5.41, 5.74) is -0.209. The number of nitrogens with one attached hydrogen (secondary N) is 1. The fourth-order valence-electron chi connectivity index (χ4n) is 2.71. The van der Waals surface area contributed by atoms with Crippen LogP contribution in [-0.2, 0) is 5.75 Å². The van der Waals surface area contributed by atoms with Gasteiger partial charge in [0.1, 0.15) is 17.8 Å². The number of carbonyl (C=O) groups is 2. The molecule has 1 N–H and O–H groups in total. The first-order chi connectivity index (χ1) is 16.9.